The lowest BCUT2D eigenvalue weighted by molar-refractivity contribution is -0.118. The van der Waals surface area contributed by atoms with Crippen molar-refractivity contribution in [1.29, 1.82) is 0 Å². The predicted octanol–water partition coefficient (Wildman–Crippen LogP) is 2.24. The van der Waals surface area contributed by atoms with E-state index < -0.39 is 6.09 Å². The number of anilines is 2. The van der Waals surface area contributed by atoms with E-state index in [1.807, 2.05) is 6.07 Å². The van der Waals surface area contributed by atoms with Crippen LogP contribution in [0.5, 0.6) is 5.75 Å². The molecule has 5 heterocycles. The molecule has 3 aliphatic rings. The van der Waals surface area contributed by atoms with Gasteiger partial charge in [0.2, 0.25) is 0 Å². The molecule has 0 saturated carbocycles. The van der Waals surface area contributed by atoms with Crippen molar-refractivity contribution in [1.82, 2.24) is 14.5 Å². The molecule has 1 N–H and O–H groups in total. The van der Waals surface area contributed by atoms with Crippen LogP contribution in [0.25, 0.3) is 15.7 Å². The number of nitrogens with zero attached hydrogens (tertiary/aromatic N) is 5. The average Bonchev–Trinajstić information content (AvgIpc) is 3.28. The minimum absolute atomic E-state index is 0.0645. The number of fused-ring (bicyclic) bond motifs is 3. The first kappa shape index (κ1) is 22.1. The summed E-state index contributed by atoms with van der Waals surface area (Å²) in [6.07, 6.45) is -0.724. The van der Waals surface area contributed by atoms with Gasteiger partial charge in [-0.2, -0.15) is 0 Å². The quantitative estimate of drug-likeness (QED) is 0.563. The van der Waals surface area contributed by atoms with Crippen LogP contribution >= 0.6 is 0 Å². The molecule has 0 radical (unpaired) electrons. The molecule has 2 aromatic heterocycles. The Labute approximate surface area is 205 Å². The maximum Gasteiger partial charge on any atom is 0.415 e. The van der Waals surface area contributed by atoms with Gasteiger partial charge in [-0.3, -0.25) is 19.4 Å². The van der Waals surface area contributed by atoms with E-state index in [4.69, 9.17) is 16.0 Å². The van der Waals surface area contributed by atoms with Crippen LogP contribution in [-0.4, -0.2) is 65.3 Å². The largest absolute Gasteiger partial charge is 0.480 e. The lowest BCUT2D eigenvalue weighted by Crippen LogP contribution is -2.48. The van der Waals surface area contributed by atoms with Gasteiger partial charge in [0.05, 0.1) is 6.57 Å². The van der Waals surface area contributed by atoms with Crippen LogP contribution in [-0.2, 0) is 16.1 Å². The highest BCUT2D eigenvalue weighted by atomic mass is 16.6. The molecule has 36 heavy (non-hydrogen) atoms. The van der Waals surface area contributed by atoms with Crippen LogP contribution in [0.15, 0.2) is 47.3 Å². The molecule has 2 fully saturated rings. The van der Waals surface area contributed by atoms with Crippen LogP contribution < -0.4 is 20.5 Å². The summed E-state index contributed by atoms with van der Waals surface area (Å²) in [5.74, 6) is 0.911. The van der Waals surface area contributed by atoms with Crippen LogP contribution in [0.1, 0.15) is 0 Å². The maximum absolute atomic E-state index is 12.8. The first-order valence-electron chi connectivity index (χ1n) is 11.6. The number of hydrogen-bond acceptors (Lipinski definition) is 7. The first-order chi connectivity index (χ1) is 17.5. The summed E-state index contributed by atoms with van der Waals surface area (Å²) in [6, 6.07) is 12.0. The van der Waals surface area contributed by atoms with Gasteiger partial charge in [0.15, 0.2) is 23.9 Å². The van der Waals surface area contributed by atoms with Gasteiger partial charge in [-0.05, 0) is 29.7 Å². The summed E-state index contributed by atoms with van der Waals surface area (Å²) < 4.78 is 12.8. The van der Waals surface area contributed by atoms with E-state index in [1.165, 1.54) is 4.90 Å². The summed E-state index contributed by atoms with van der Waals surface area (Å²) >= 11 is 0. The Morgan fingerprint density at radius 2 is 1.92 bits per heavy atom. The van der Waals surface area contributed by atoms with E-state index in [2.05, 4.69) is 20.0 Å². The molecule has 3 aromatic rings. The van der Waals surface area contributed by atoms with E-state index in [0.717, 1.165) is 10.9 Å². The second-order valence-electron chi connectivity index (χ2n) is 9.08. The lowest BCUT2D eigenvalue weighted by Gasteiger charge is -2.33. The van der Waals surface area contributed by atoms with Crippen molar-refractivity contribution in [3.63, 3.8) is 0 Å². The number of aromatic nitrogens is 2. The third-order valence-electron chi connectivity index (χ3n) is 6.83. The Kier molecular flexibility index (Phi) is 5.30. The van der Waals surface area contributed by atoms with Crippen molar-refractivity contribution >= 4 is 40.2 Å². The van der Waals surface area contributed by atoms with E-state index in [9.17, 15) is 14.4 Å². The van der Waals surface area contributed by atoms with Crippen molar-refractivity contribution in [2.24, 2.45) is 5.92 Å². The Bertz CT molecular complexity index is 1490. The highest BCUT2D eigenvalue weighted by Crippen LogP contribution is 2.33. The van der Waals surface area contributed by atoms with Gasteiger partial charge >= 0.3 is 6.09 Å². The molecule has 0 bridgehead atoms. The zero-order valence-electron chi connectivity index (χ0n) is 19.2. The van der Waals surface area contributed by atoms with Gasteiger partial charge in [0.1, 0.15) is 11.9 Å². The molecule has 3 aliphatic heterocycles. The molecular weight excluding hydrogens is 464 g/mol. The Morgan fingerprint density at radius 1 is 1.06 bits per heavy atom. The number of hydrogen-bond donors (Lipinski definition) is 1. The SMILES string of the molecule is [C-]#[N+]c1ccc2ccc(=O)n(CCN3C[C@H]4CN(c5ccc6c(n5)NC(=O)CO6)C(=O)O[C@@H]4C3)c2c1. The minimum Gasteiger partial charge on any atom is -0.480 e. The lowest BCUT2D eigenvalue weighted by atomic mass is 10.0. The molecule has 182 valence electrons. The number of pyridine rings is 2. The summed E-state index contributed by atoms with van der Waals surface area (Å²) in [6.45, 7) is 9.99. The number of carbonyl (C=O) groups excluding carboxylic acids is 2. The third-order valence-corrected chi connectivity index (χ3v) is 6.83. The highest BCUT2D eigenvalue weighted by Gasteiger charge is 2.43. The average molecular weight is 486 g/mol. The van der Waals surface area contributed by atoms with Gasteiger partial charge in [-0.1, -0.05) is 12.1 Å². The van der Waals surface area contributed by atoms with E-state index in [0.29, 0.717) is 50.0 Å². The zero-order valence-corrected chi connectivity index (χ0v) is 19.2. The van der Waals surface area contributed by atoms with Crippen LogP contribution in [0.2, 0.25) is 0 Å². The fourth-order valence-corrected chi connectivity index (χ4v) is 5.03. The minimum atomic E-state index is -0.481. The summed E-state index contributed by atoms with van der Waals surface area (Å²) in [4.78, 5) is 48.5. The molecule has 1 aromatic carbocycles. The summed E-state index contributed by atoms with van der Waals surface area (Å²) in [7, 11) is 0. The Hall–Kier alpha value is -4.43. The normalized spacial score (nSPS) is 21.2. The topological polar surface area (TPSA) is 110 Å². The van der Waals surface area contributed by atoms with Crippen molar-refractivity contribution < 1.29 is 19.1 Å². The molecule has 0 unspecified atom stereocenters. The van der Waals surface area contributed by atoms with E-state index in [1.54, 1.807) is 41.0 Å². The number of benzene rings is 1. The van der Waals surface area contributed by atoms with Crippen LogP contribution in [0, 0.1) is 12.5 Å². The zero-order chi connectivity index (χ0) is 24.8. The van der Waals surface area contributed by atoms with E-state index in [-0.39, 0.29) is 35.9 Å². The first-order valence-corrected chi connectivity index (χ1v) is 11.6. The fourth-order valence-electron chi connectivity index (χ4n) is 5.03. The summed E-state index contributed by atoms with van der Waals surface area (Å²) in [5, 5.41) is 3.56. The van der Waals surface area contributed by atoms with Gasteiger partial charge in [0.25, 0.3) is 11.5 Å². The van der Waals surface area contributed by atoms with Crippen molar-refractivity contribution in [3.8, 4) is 5.75 Å². The van der Waals surface area contributed by atoms with Gasteiger partial charge < -0.3 is 19.4 Å². The van der Waals surface area contributed by atoms with Gasteiger partial charge in [0, 0.05) is 50.2 Å². The number of nitrogens with one attached hydrogen (secondary N) is 1. The number of rotatable bonds is 4. The maximum atomic E-state index is 12.8. The molecule has 11 nitrogen and oxygen atoms in total. The van der Waals surface area contributed by atoms with Gasteiger partial charge in [-0.25, -0.2) is 14.6 Å². The monoisotopic (exact) mass is 486 g/mol. The van der Waals surface area contributed by atoms with Crippen LogP contribution in [0.4, 0.5) is 22.1 Å². The van der Waals surface area contributed by atoms with Crippen molar-refractivity contribution in [2.45, 2.75) is 12.6 Å². The standard InChI is InChI=1S/C25H22N6O5/c1-26-17-4-2-15-3-7-23(33)30(18(15)10-17)9-8-29-11-16-12-31(25(34)36-20(16)13-29)21-6-5-19-24(27-21)28-22(32)14-35-19/h2-7,10,16,20H,8-9,11-14H2,(H,27,28,32)/t16-,20+/m0/s1. The molecular formula is C25H22N6O5. The second-order valence-corrected chi connectivity index (χ2v) is 9.08. The molecule has 2 atom stereocenters. The molecule has 2 saturated heterocycles. The van der Waals surface area contributed by atoms with E-state index >= 15 is 0 Å². The van der Waals surface area contributed by atoms with Crippen molar-refractivity contribution in [2.75, 3.05) is 43.0 Å². The number of ether oxygens (including phenoxy) is 2. The molecule has 0 spiro atoms. The van der Waals surface area contributed by atoms with Crippen molar-refractivity contribution in [3.05, 3.63) is 64.2 Å². The Morgan fingerprint density at radius 3 is 2.78 bits per heavy atom. The highest BCUT2D eigenvalue weighted by molar-refractivity contribution is 5.95. The molecule has 6 rings (SSSR count). The van der Waals surface area contributed by atoms with Gasteiger partial charge in [-0.15, -0.1) is 0 Å². The van der Waals surface area contributed by atoms with Crippen LogP contribution in [0.3, 0.4) is 0 Å². The number of carbonyl (C=O) groups is 2. The number of likely N-dealkylation sites (tertiary alicyclic amines) is 1. The Balaban J connectivity index is 1.16. The molecule has 2 amide bonds. The number of amides is 2. The second kappa shape index (κ2) is 8.66. The smallest absolute Gasteiger partial charge is 0.415 e. The molecule has 11 heteroatoms. The fraction of sp³-hybridized carbons (Fsp3) is 0.320. The molecule has 0 aliphatic carbocycles. The third kappa shape index (κ3) is 3.91. The summed E-state index contributed by atoms with van der Waals surface area (Å²) in [5.41, 5.74) is 1.11. The predicted molar refractivity (Wildman–Crippen MR) is 130 cm³/mol.